The molecule has 1 fully saturated rings. The molecule has 0 saturated carbocycles. The van der Waals surface area contributed by atoms with Crippen molar-refractivity contribution in [2.75, 3.05) is 26.2 Å². The Hall–Kier alpha value is -1.02. The van der Waals surface area contributed by atoms with Crippen LogP contribution in [-0.2, 0) is 4.74 Å². The normalized spacial score (nSPS) is 22.9. The van der Waals surface area contributed by atoms with Crippen molar-refractivity contribution in [3.63, 3.8) is 0 Å². The standard InChI is InChI=1S/C12H22N4O3/c1-8(2)16-5-6-18-10(7-16)11-14-12(19-15-11)9(17)3-4-13/h8-10,17H,3-7,13H2,1-2H3/t9-,10?/m0/s1. The zero-order valence-electron chi connectivity index (χ0n) is 11.5. The van der Waals surface area contributed by atoms with Gasteiger partial charge in [0, 0.05) is 19.1 Å². The minimum absolute atomic E-state index is 0.196. The molecule has 1 aliphatic heterocycles. The van der Waals surface area contributed by atoms with Gasteiger partial charge in [-0.2, -0.15) is 4.98 Å². The maximum absolute atomic E-state index is 9.74. The van der Waals surface area contributed by atoms with Gasteiger partial charge in [0.1, 0.15) is 12.2 Å². The summed E-state index contributed by atoms with van der Waals surface area (Å²) in [6.45, 7) is 6.97. The number of hydrogen-bond acceptors (Lipinski definition) is 7. The topological polar surface area (TPSA) is 97.6 Å². The molecule has 0 spiro atoms. The van der Waals surface area contributed by atoms with Crippen molar-refractivity contribution in [2.45, 2.75) is 38.5 Å². The van der Waals surface area contributed by atoms with E-state index in [4.69, 9.17) is 15.0 Å². The van der Waals surface area contributed by atoms with Gasteiger partial charge in [-0.05, 0) is 26.8 Å². The van der Waals surface area contributed by atoms with Gasteiger partial charge in [-0.3, -0.25) is 4.90 Å². The van der Waals surface area contributed by atoms with Crippen molar-refractivity contribution in [2.24, 2.45) is 5.73 Å². The van der Waals surface area contributed by atoms with Crippen molar-refractivity contribution in [1.82, 2.24) is 15.0 Å². The molecule has 108 valence electrons. The van der Waals surface area contributed by atoms with E-state index >= 15 is 0 Å². The molecule has 1 aromatic heterocycles. The Bertz CT molecular complexity index is 396. The van der Waals surface area contributed by atoms with E-state index in [1.54, 1.807) is 0 Å². The van der Waals surface area contributed by atoms with Crippen LogP contribution in [0.15, 0.2) is 4.52 Å². The van der Waals surface area contributed by atoms with Gasteiger partial charge in [0.15, 0.2) is 0 Å². The minimum atomic E-state index is -0.795. The minimum Gasteiger partial charge on any atom is -0.383 e. The molecule has 1 aliphatic rings. The Kier molecular flexibility index (Phi) is 4.87. The molecule has 2 rings (SSSR count). The van der Waals surface area contributed by atoms with Gasteiger partial charge in [0.2, 0.25) is 5.82 Å². The lowest BCUT2D eigenvalue weighted by molar-refractivity contribution is -0.0450. The summed E-state index contributed by atoms with van der Waals surface area (Å²) in [7, 11) is 0. The van der Waals surface area contributed by atoms with Crippen molar-refractivity contribution in [1.29, 1.82) is 0 Å². The van der Waals surface area contributed by atoms with Gasteiger partial charge in [-0.1, -0.05) is 5.16 Å². The monoisotopic (exact) mass is 270 g/mol. The summed E-state index contributed by atoms with van der Waals surface area (Å²) >= 11 is 0. The number of aliphatic hydroxyl groups is 1. The molecule has 0 radical (unpaired) electrons. The molecular weight excluding hydrogens is 248 g/mol. The number of aliphatic hydroxyl groups excluding tert-OH is 1. The van der Waals surface area contributed by atoms with E-state index in [0.717, 1.165) is 13.1 Å². The fourth-order valence-electron chi connectivity index (χ4n) is 2.09. The SMILES string of the molecule is CC(C)N1CCOC(c2noc([C@@H](O)CCN)n2)C1. The van der Waals surface area contributed by atoms with E-state index in [9.17, 15) is 5.11 Å². The van der Waals surface area contributed by atoms with Gasteiger partial charge in [-0.25, -0.2) is 0 Å². The van der Waals surface area contributed by atoms with Crippen molar-refractivity contribution < 1.29 is 14.4 Å². The summed E-state index contributed by atoms with van der Waals surface area (Å²) in [6, 6.07) is 0.459. The molecule has 19 heavy (non-hydrogen) atoms. The number of aromatic nitrogens is 2. The molecule has 1 unspecified atom stereocenters. The number of nitrogens with two attached hydrogens (primary N) is 1. The fraction of sp³-hybridized carbons (Fsp3) is 0.833. The highest BCUT2D eigenvalue weighted by molar-refractivity contribution is 4.96. The summed E-state index contributed by atoms with van der Waals surface area (Å²) < 4.78 is 10.7. The average molecular weight is 270 g/mol. The van der Waals surface area contributed by atoms with E-state index < -0.39 is 6.10 Å². The second-order valence-electron chi connectivity index (χ2n) is 5.03. The van der Waals surface area contributed by atoms with Crippen LogP contribution in [0.1, 0.15) is 44.2 Å². The highest BCUT2D eigenvalue weighted by Gasteiger charge is 2.28. The first-order chi connectivity index (χ1) is 9.11. The molecule has 1 saturated heterocycles. The number of ether oxygens (including phenoxy) is 1. The van der Waals surface area contributed by atoms with Crippen molar-refractivity contribution >= 4 is 0 Å². The first-order valence-electron chi connectivity index (χ1n) is 6.69. The Labute approximate surface area is 112 Å². The first-order valence-corrected chi connectivity index (χ1v) is 6.69. The van der Waals surface area contributed by atoms with Gasteiger partial charge < -0.3 is 20.1 Å². The van der Waals surface area contributed by atoms with Crippen molar-refractivity contribution in [3.05, 3.63) is 11.7 Å². The van der Waals surface area contributed by atoms with Crippen LogP contribution in [0.25, 0.3) is 0 Å². The average Bonchev–Trinajstić information content (AvgIpc) is 2.89. The highest BCUT2D eigenvalue weighted by atomic mass is 16.5. The van der Waals surface area contributed by atoms with Crippen LogP contribution < -0.4 is 5.73 Å². The lowest BCUT2D eigenvalue weighted by Gasteiger charge is -2.34. The van der Waals surface area contributed by atoms with Crippen LogP contribution >= 0.6 is 0 Å². The van der Waals surface area contributed by atoms with E-state index in [1.807, 2.05) is 0 Å². The second kappa shape index (κ2) is 6.42. The maximum atomic E-state index is 9.74. The van der Waals surface area contributed by atoms with Crippen LogP contribution in [0.5, 0.6) is 0 Å². The predicted molar refractivity (Wildman–Crippen MR) is 68.3 cm³/mol. The van der Waals surface area contributed by atoms with E-state index in [2.05, 4.69) is 28.9 Å². The Morgan fingerprint density at radius 3 is 3.00 bits per heavy atom. The molecule has 1 aromatic rings. The van der Waals surface area contributed by atoms with Gasteiger partial charge in [0.05, 0.1) is 6.61 Å². The lowest BCUT2D eigenvalue weighted by atomic mass is 10.2. The molecule has 7 heteroatoms. The molecule has 2 atom stereocenters. The molecule has 0 amide bonds. The molecule has 3 N–H and O–H groups in total. The van der Waals surface area contributed by atoms with Crippen molar-refractivity contribution in [3.8, 4) is 0 Å². The van der Waals surface area contributed by atoms with Crippen LogP contribution in [0, 0.1) is 0 Å². The number of morpholine rings is 1. The third kappa shape index (κ3) is 3.50. The van der Waals surface area contributed by atoms with Crippen LogP contribution in [0.4, 0.5) is 0 Å². The largest absolute Gasteiger partial charge is 0.383 e. The Balaban J connectivity index is 2.01. The summed E-state index contributed by atoms with van der Waals surface area (Å²) in [5, 5.41) is 13.6. The zero-order chi connectivity index (χ0) is 13.8. The fourth-order valence-corrected chi connectivity index (χ4v) is 2.09. The Morgan fingerprint density at radius 1 is 1.53 bits per heavy atom. The molecule has 7 nitrogen and oxygen atoms in total. The second-order valence-corrected chi connectivity index (χ2v) is 5.03. The van der Waals surface area contributed by atoms with Crippen LogP contribution in [0.2, 0.25) is 0 Å². The van der Waals surface area contributed by atoms with Crippen LogP contribution in [0.3, 0.4) is 0 Å². The van der Waals surface area contributed by atoms with Gasteiger partial charge in [-0.15, -0.1) is 0 Å². The first kappa shape index (κ1) is 14.4. The third-order valence-corrected chi connectivity index (χ3v) is 3.30. The predicted octanol–water partition coefficient (Wildman–Crippen LogP) is 0.233. The summed E-state index contributed by atoms with van der Waals surface area (Å²) in [6.07, 6.45) is -0.583. The molecule has 0 bridgehead atoms. The van der Waals surface area contributed by atoms with E-state index in [-0.39, 0.29) is 12.0 Å². The Morgan fingerprint density at radius 2 is 2.32 bits per heavy atom. The third-order valence-electron chi connectivity index (χ3n) is 3.30. The van der Waals surface area contributed by atoms with Gasteiger partial charge in [0.25, 0.3) is 5.89 Å². The highest BCUT2D eigenvalue weighted by Crippen LogP contribution is 2.23. The number of hydrogen-bond donors (Lipinski definition) is 2. The lowest BCUT2D eigenvalue weighted by Crippen LogP contribution is -2.42. The maximum Gasteiger partial charge on any atom is 0.255 e. The molecular formula is C12H22N4O3. The van der Waals surface area contributed by atoms with Crippen LogP contribution in [-0.4, -0.2) is 52.4 Å². The molecule has 0 aliphatic carbocycles. The van der Waals surface area contributed by atoms with E-state index in [0.29, 0.717) is 31.4 Å². The molecule has 0 aromatic carbocycles. The number of nitrogens with zero attached hydrogens (tertiary/aromatic N) is 3. The molecule has 2 heterocycles. The summed E-state index contributed by atoms with van der Waals surface area (Å²) in [5.74, 6) is 0.710. The zero-order valence-corrected chi connectivity index (χ0v) is 11.5. The quantitative estimate of drug-likeness (QED) is 0.790. The number of rotatable bonds is 5. The summed E-state index contributed by atoms with van der Waals surface area (Å²) in [4.78, 5) is 6.52. The summed E-state index contributed by atoms with van der Waals surface area (Å²) in [5.41, 5.74) is 5.39. The van der Waals surface area contributed by atoms with Gasteiger partial charge >= 0.3 is 0 Å². The smallest absolute Gasteiger partial charge is 0.255 e. The van der Waals surface area contributed by atoms with E-state index in [1.165, 1.54) is 0 Å².